The van der Waals surface area contributed by atoms with Crippen LogP contribution in [0, 0.1) is 5.92 Å². The van der Waals surface area contributed by atoms with Crippen LogP contribution in [0.4, 0.5) is 0 Å². The lowest BCUT2D eigenvalue weighted by Gasteiger charge is -2.21. The second-order valence-corrected chi connectivity index (χ2v) is 8.86. The predicted molar refractivity (Wildman–Crippen MR) is 104 cm³/mol. The van der Waals surface area contributed by atoms with Crippen molar-refractivity contribution in [1.29, 1.82) is 0 Å². The molecular weight excluding hydrogens is 340 g/mol. The van der Waals surface area contributed by atoms with Crippen molar-refractivity contribution < 1.29 is 9.59 Å². The molecule has 3 aliphatic rings. The highest BCUT2D eigenvalue weighted by atomic mass is 16.2. The Morgan fingerprint density at radius 2 is 1.85 bits per heavy atom. The van der Waals surface area contributed by atoms with Crippen LogP contribution in [0.25, 0.3) is 0 Å². The number of hydrogen-bond acceptors (Lipinski definition) is 4. The summed E-state index contributed by atoms with van der Waals surface area (Å²) in [5.74, 6) is 0.276. The molecule has 1 aromatic carbocycles. The van der Waals surface area contributed by atoms with Gasteiger partial charge in [-0.1, -0.05) is 12.1 Å². The number of likely N-dealkylation sites (tertiary alicyclic amines) is 1. The van der Waals surface area contributed by atoms with Gasteiger partial charge in [0, 0.05) is 42.6 Å². The van der Waals surface area contributed by atoms with E-state index in [0.717, 1.165) is 19.4 Å². The van der Waals surface area contributed by atoms with Gasteiger partial charge in [0.25, 0.3) is 5.91 Å². The second-order valence-electron chi connectivity index (χ2n) is 8.86. The van der Waals surface area contributed by atoms with Gasteiger partial charge in [0.1, 0.15) is 0 Å². The molecule has 1 aromatic rings. The molecular formula is C21H30N4O2. The minimum absolute atomic E-state index is 0.111. The van der Waals surface area contributed by atoms with E-state index >= 15 is 0 Å². The Labute approximate surface area is 161 Å². The maximum absolute atomic E-state index is 12.6. The lowest BCUT2D eigenvalue weighted by molar-refractivity contribution is -0.131. The summed E-state index contributed by atoms with van der Waals surface area (Å²) in [4.78, 5) is 28.9. The van der Waals surface area contributed by atoms with Crippen LogP contribution in [0.3, 0.4) is 0 Å². The van der Waals surface area contributed by atoms with Crippen LogP contribution in [0.1, 0.15) is 41.6 Å². The smallest absolute Gasteiger partial charge is 0.251 e. The summed E-state index contributed by atoms with van der Waals surface area (Å²) < 4.78 is 0. The van der Waals surface area contributed by atoms with E-state index in [1.807, 2.05) is 17.0 Å². The van der Waals surface area contributed by atoms with Gasteiger partial charge in [-0.25, -0.2) is 0 Å². The fraction of sp³-hybridized carbons (Fsp3) is 0.619. The van der Waals surface area contributed by atoms with Gasteiger partial charge in [0.05, 0.1) is 6.04 Å². The number of rotatable bonds is 6. The number of amides is 2. The average Bonchev–Trinajstić information content (AvgIpc) is 3.55. The van der Waals surface area contributed by atoms with Gasteiger partial charge in [0.15, 0.2) is 0 Å². The molecule has 2 atom stereocenters. The number of hydrogen-bond donors (Lipinski definition) is 2. The Morgan fingerprint density at radius 1 is 1.19 bits per heavy atom. The first kappa shape index (κ1) is 18.4. The monoisotopic (exact) mass is 370 g/mol. The highest BCUT2D eigenvalue weighted by Crippen LogP contribution is 2.48. The standard InChI is InChI=1S/C21H30N4O2/c1-24(2)13-21(9-10-21)16-7-5-14(6-8-16)19(26)23-18-12-25(11-17(18)22)20(27)15-3-4-15/h5-8,15,17-18H,3-4,9-13,22H2,1-2H3,(H,23,26). The van der Waals surface area contributed by atoms with Crippen molar-refractivity contribution in [2.45, 2.75) is 43.2 Å². The molecule has 2 saturated carbocycles. The van der Waals surface area contributed by atoms with E-state index in [2.05, 4.69) is 36.4 Å². The van der Waals surface area contributed by atoms with Gasteiger partial charge in [0.2, 0.25) is 5.91 Å². The van der Waals surface area contributed by atoms with Crippen LogP contribution in [0.15, 0.2) is 24.3 Å². The number of likely N-dealkylation sites (N-methyl/N-ethyl adjacent to an activating group) is 1. The van der Waals surface area contributed by atoms with Crippen molar-refractivity contribution >= 4 is 11.8 Å². The van der Waals surface area contributed by atoms with Crippen LogP contribution < -0.4 is 11.1 Å². The molecule has 0 aromatic heterocycles. The van der Waals surface area contributed by atoms with Gasteiger partial charge < -0.3 is 20.9 Å². The number of carbonyl (C=O) groups is 2. The van der Waals surface area contributed by atoms with Crippen LogP contribution in [-0.2, 0) is 10.2 Å². The molecule has 2 aliphatic carbocycles. The van der Waals surface area contributed by atoms with E-state index in [1.165, 1.54) is 18.4 Å². The average molecular weight is 370 g/mol. The van der Waals surface area contributed by atoms with Gasteiger partial charge in [-0.15, -0.1) is 0 Å². The molecule has 27 heavy (non-hydrogen) atoms. The van der Waals surface area contributed by atoms with Crippen molar-refractivity contribution in [3.8, 4) is 0 Å². The highest BCUT2D eigenvalue weighted by molar-refractivity contribution is 5.94. The Morgan fingerprint density at radius 3 is 2.41 bits per heavy atom. The Hall–Kier alpha value is -1.92. The van der Waals surface area contributed by atoms with E-state index in [0.29, 0.717) is 18.7 Å². The van der Waals surface area contributed by atoms with Crippen LogP contribution in [-0.4, -0.2) is 67.4 Å². The van der Waals surface area contributed by atoms with Gasteiger partial charge in [-0.2, -0.15) is 0 Å². The molecule has 2 unspecified atom stereocenters. The summed E-state index contributed by atoms with van der Waals surface area (Å²) in [6, 6.07) is 7.61. The summed E-state index contributed by atoms with van der Waals surface area (Å²) in [5.41, 5.74) is 8.40. The third-order valence-electron chi connectivity index (χ3n) is 6.15. The Bertz CT molecular complexity index is 722. The minimum atomic E-state index is -0.203. The normalized spacial score (nSPS) is 26.3. The summed E-state index contributed by atoms with van der Waals surface area (Å²) in [6.45, 7) is 2.10. The molecule has 0 radical (unpaired) electrons. The fourth-order valence-corrected chi connectivity index (χ4v) is 4.27. The lowest BCUT2D eigenvalue weighted by Crippen LogP contribution is -2.46. The first-order valence-electron chi connectivity index (χ1n) is 9.98. The molecule has 6 heteroatoms. The lowest BCUT2D eigenvalue weighted by atomic mass is 9.94. The number of nitrogens with one attached hydrogen (secondary N) is 1. The summed E-state index contributed by atoms with van der Waals surface area (Å²) in [6.07, 6.45) is 4.39. The van der Waals surface area contributed by atoms with E-state index in [-0.39, 0.29) is 35.2 Å². The van der Waals surface area contributed by atoms with E-state index in [1.54, 1.807) is 0 Å². The molecule has 3 fully saturated rings. The Balaban J connectivity index is 1.36. The number of nitrogens with two attached hydrogens (primary N) is 1. The van der Waals surface area contributed by atoms with Crippen LogP contribution in [0.2, 0.25) is 0 Å². The van der Waals surface area contributed by atoms with E-state index in [9.17, 15) is 9.59 Å². The second kappa shape index (κ2) is 6.91. The molecule has 2 amide bonds. The number of nitrogens with zero attached hydrogens (tertiary/aromatic N) is 2. The molecule has 6 nitrogen and oxygen atoms in total. The maximum Gasteiger partial charge on any atom is 0.251 e. The maximum atomic E-state index is 12.6. The van der Waals surface area contributed by atoms with Gasteiger partial charge >= 0.3 is 0 Å². The molecule has 3 N–H and O–H groups in total. The van der Waals surface area contributed by atoms with Crippen molar-refractivity contribution in [3.63, 3.8) is 0 Å². The van der Waals surface area contributed by atoms with Gasteiger partial charge in [-0.3, -0.25) is 9.59 Å². The van der Waals surface area contributed by atoms with Crippen LogP contribution in [0.5, 0.6) is 0 Å². The molecule has 0 spiro atoms. The molecule has 146 valence electrons. The zero-order chi connectivity index (χ0) is 19.2. The third-order valence-corrected chi connectivity index (χ3v) is 6.15. The Kier molecular flexibility index (Phi) is 4.72. The SMILES string of the molecule is CN(C)CC1(c2ccc(C(=O)NC3CN(C(=O)C4CC4)CC3N)cc2)CC1. The minimum Gasteiger partial charge on any atom is -0.346 e. The molecule has 1 saturated heterocycles. The quantitative estimate of drug-likeness (QED) is 0.782. The van der Waals surface area contributed by atoms with Crippen molar-refractivity contribution in [3.05, 3.63) is 35.4 Å². The summed E-state index contributed by atoms with van der Waals surface area (Å²) in [5, 5.41) is 3.03. The fourth-order valence-electron chi connectivity index (χ4n) is 4.27. The van der Waals surface area contributed by atoms with Crippen molar-refractivity contribution in [1.82, 2.24) is 15.1 Å². The molecule has 4 rings (SSSR count). The van der Waals surface area contributed by atoms with E-state index < -0.39 is 0 Å². The highest BCUT2D eigenvalue weighted by Gasteiger charge is 2.44. The predicted octanol–water partition coefficient (Wildman–Crippen LogP) is 0.958. The molecule has 1 heterocycles. The third kappa shape index (κ3) is 3.87. The van der Waals surface area contributed by atoms with Crippen LogP contribution >= 0.6 is 0 Å². The first-order chi connectivity index (χ1) is 12.9. The van der Waals surface area contributed by atoms with Crippen molar-refractivity contribution in [2.75, 3.05) is 33.7 Å². The first-order valence-corrected chi connectivity index (χ1v) is 9.98. The summed E-state index contributed by atoms with van der Waals surface area (Å²) >= 11 is 0. The summed E-state index contributed by atoms with van der Waals surface area (Å²) in [7, 11) is 4.20. The number of carbonyl (C=O) groups excluding carboxylic acids is 2. The largest absolute Gasteiger partial charge is 0.346 e. The van der Waals surface area contributed by atoms with Gasteiger partial charge in [-0.05, 0) is 57.5 Å². The zero-order valence-electron chi connectivity index (χ0n) is 16.3. The zero-order valence-corrected chi connectivity index (χ0v) is 16.3. The van der Waals surface area contributed by atoms with Crippen molar-refractivity contribution in [2.24, 2.45) is 11.7 Å². The van der Waals surface area contributed by atoms with E-state index in [4.69, 9.17) is 5.73 Å². The topological polar surface area (TPSA) is 78.7 Å². The molecule has 0 bridgehead atoms. The number of benzene rings is 1. The molecule has 1 aliphatic heterocycles.